The lowest BCUT2D eigenvalue weighted by atomic mass is 10.0. The molecule has 0 fully saturated rings. The van der Waals surface area contributed by atoms with E-state index in [2.05, 4.69) is 10.2 Å². The Morgan fingerprint density at radius 2 is 1.92 bits per heavy atom. The van der Waals surface area contributed by atoms with E-state index in [0.29, 0.717) is 17.3 Å². The second kappa shape index (κ2) is 7.26. The van der Waals surface area contributed by atoms with Crippen LogP contribution in [0.2, 0.25) is 0 Å². The number of hydrogen-bond acceptors (Lipinski definition) is 5. The topological polar surface area (TPSA) is 103 Å². The lowest BCUT2D eigenvalue weighted by Gasteiger charge is -2.11. The Labute approximate surface area is 151 Å². The van der Waals surface area contributed by atoms with Crippen LogP contribution in [0, 0.1) is 0 Å². The van der Waals surface area contributed by atoms with Gasteiger partial charge < -0.3 is 15.6 Å². The van der Waals surface area contributed by atoms with Gasteiger partial charge in [0.1, 0.15) is 11.5 Å². The van der Waals surface area contributed by atoms with Gasteiger partial charge in [-0.2, -0.15) is 0 Å². The van der Waals surface area contributed by atoms with Crippen molar-refractivity contribution < 1.29 is 14.6 Å². The molecule has 1 heterocycles. The summed E-state index contributed by atoms with van der Waals surface area (Å²) in [5, 5.41) is 18.1. The third-order valence-electron chi connectivity index (χ3n) is 4.07. The molecule has 26 heavy (non-hydrogen) atoms. The standard InChI is InChI=1S/C19H20N4O3/c1-3-4-12-11-13(5-10-16(12)24)18-21-22-19(17(20)25)23(18)14-6-8-15(26-2)9-7-14/h5-11,24H,3-4H2,1-2H3,(H2,20,25). The second-order valence-electron chi connectivity index (χ2n) is 5.84. The van der Waals surface area contributed by atoms with E-state index >= 15 is 0 Å². The number of nitrogens with two attached hydrogens (primary N) is 1. The number of methoxy groups -OCH3 is 1. The first kappa shape index (κ1) is 17.5. The molecule has 0 atom stereocenters. The monoisotopic (exact) mass is 352 g/mol. The Balaban J connectivity index is 2.16. The summed E-state index contributed by atoms with van der Waals surface area (Å²) in [4.78, 5) is 11.8. The number of carbonyl (C=O) groups excluding carboxylic acids is 1. The van der Waals surface area contributed by atoms with E-state index in [4.69, 9.17) is 10.5 Å². The largest absolute Gasteiger partial charge is 0.508 e. The number of phenols is 1. The molecule has 3 rings (SSSR count). The Morgan fingerprint density at radius 1 is 1.19 bits per heavy atom. The van der Waals surface area contributed by atoms with E-state index in [1.807, 2.05) is 13.0 Å². The van der Waals surface area contributed by atoms with Crippen LogP contribution < -0.4 is 10.5 Å². The number of aryl methyl sites for hydroxylation is 1. The SMILES string of the molecule is CCCc1cc(-c2nnc(C(N)=O)n2-c2ccc(OC)cc2)ccc1O. The normalized spacial score (nSPS) is 10.7. The minimum atomic E-state index is -0.674. The molecule has 3 aromatic rings. The van der Waals surface area contributed by atoms with Gasteiger partial charge >= 0.3 is 0 Å². The second-order valence-corrected chi connectivity index (χ2v) is 5.84. The van der Waals surface area contributed by atoms with Gasteiger partial charge in [0.2, 0.25) is 5.82 Å². The van der Waals surface area contributed by atoms with E-state index in [-0.39, 0.29) is 11.6 Å². The number of primary amides is 1. The van der Waals surface area contributed by atoms with Crippen LogP contribution in [0.15, 0.2) is 42.5 Å². The molecule has 0 aliphatic carbocycles. The van der Waals surface area contributed by atoms with Crippen LogP contribution in [0.3, 0.4) is 0 Å². The van der Waals surface area contributed by atoms with Gasteiger partial charge in [-0.3, -0.25) is 9.36 Å². The predicted octanol–water partition coefficient (Wildman–Crippen LogP) is 2.70. The molecule has 0 bridgehead atoms. The highest BCUT2D eigenvalue weighted by Gasteiger charge is 2.20. The van der Waals surface area contributed by atoms with Crippen molar-refractivity contribution in [3.8, 4) is 28.6 Å². The van der Waals surface area contributed by atoms with Crippen LogP contribution in [0.1, 0.15) is 29.5 Å². The zero-order chi connectivity index (χ0) is 18.7. The number of hydrogen-bond donors (Lipinski definition) is 2. The van der Waals surface area contributed by atoms with Crippen LogP contribution >= 0.6 is 0 Å². The first-order valence-electron chi connectivity index (χ1n) is 8.27. The fourth-order valence-electron chi connectivity index (χ4n) is 2.80. The molecule has 2 aromatic carbocycles. The summed E-state index contributed by atoms with van der Waals surface area (Å²) in [6, 6.07) is 12.4. The number of rotatable bonds is 6. The molecule has 1 amide bonds. The number of nitrogens with zero attached hydrogens (tertiary/aromatic N) is 3. The zero-order valence-corrected chi connectivity index (χ0v) is 14.6. The molecular weight excluding hydrogens is 332 g/mol. The predicted molar refractivity (Wildman–Crippen MR) is 97.5 cm³/mol. The van der Waals surface area contributed by atoms with Crippen LogP contribution in [0.4, 0.5) is 0 Å². The number of aromatic nitrogens is 3. The smallest absolute Gasteiger partial charge is 0.287 e. The highest BCUT2D eigenvalue weighted by molar-refractivity contribution is 5.90. The van der Waals surface area contributed by atoms with E-state index < -0.39 is 5.91 Å². The number of ether oxygens (including phenoxy) is 1. The first-order chi connectivity index (χ1) is 12.5. The van der Waals surface area contributed by atoms with Gasteiger partial charge in [-0.05, 0) is 54.4 Å². The van der Waals surface area contributed by atoms with Crippen molar-refractivity contribution in [2.24, 2.45) is 5.73 Å². The third kappa shape index (κ3) is 3.23. The van der Waals surface area contributed by atoms with E-state index in [1.54, 1.807) is 48.1 Å². The fraction of sp³-hybridized carbons (Fsp3) is 0.211. The molecule has 0 saturated heterocycles. The Morgan fingerprint density at radius 3 is 2.54 bits per heavy atom. The number of amides is 1. The van der Waals surface area contributed by atoms with Gasteiger partial charge in [0.25, 0.3) is 5.91 Å². The maximum atomic E-state index is 11.8. The summed E-state index contributed by atoms with van der Waals surface area (Å²) >= 11 is 0. The summed E-state index contributed by atoms with van der Waals surface area (Å²) < 4.78 is 6.78. The van der Waals surface area contributed by atoms with Crippen molar-refractivity contribution >= 4 is 5.91 Å². The van der Waals surface area contributed by atoms with Gasteiger partial charge in [-0.25, -0.2) is 0 Å². The minimum Gasteiger partial charge on any atom is -0.508 e. The van der Waals surface area contributed by atoms with Gasteiger partial charge in [-0.1, -0.05) is 13.3 Å². The van der Waals surface area contributed by atoms with Crippen molar-refractivity contribution in [3.63, 3.8) is 0 Å². The van der Waals surface area contributed by atoms with Crippen molar-refractivity contribution in [2.45, 2.75) is 19.8 Å². The average Bonchev–Trinajstić information content (AvgIpc) is 3.09. The molecule has 0 aliphatic heterocycles. The Hall–Kier alpha value is -3.35. The molecule has 3 N–H and O–H groups in total. The van der Waals surface area contributed by atoms with Crippen LogP contribution in [0.25, 0.3) is 17.1 Å². The van der Waals surface area contributed by atoms with Crippen molar-refractivity contribution in [1.82, 2.24) is 14.8 Å². The quantitative estimate of drug-likeness (QED) is 0.710. The molecule has 7 heteroatoms. The minimum absolute atomic E-state index is 0.0373. The van der Waals surface area contributed by atoms with Gasteiger partial charge in [0, 0.05) is 11.3 Å². The Bertz CT molecular complexity index is 932. The van der Waals surface area contributed by atoms with Crippen LogP contribution in [0.5, 0.6) is 11.5 Å². The van der Waals surface area contributed by atoms with E-state index in [9.17, 15) is 9.90 Å². The molecule has 134 valence electrons. The van der Waals surface area contributed by atoms with Gasteiger partial charge in [-0.15, -0.1) is 10.2 Å². The molecule has 0 saturated carbocycles. The number of carbonyl (C=O) groups is 1. The number of aromatic hydroxyl groups is 1. The zero-order valence-electron chi connectivity index (χ0n) is 14.6. The summed E-state index contributed by atoms with van der Waals surface area (Å²) in [7, 11) is 1.58. The summed E-state index contributed by atoms with van der Waals surface area (Å²) in [6.07, 6.45) is 1.63. The summed E-state index contributed by atoms with van der Waals surface area (Å²) in [5.74, 6) is 0.767. The third-order valence-corrected chi connectivity index (χ3v) is 4.07. The highest BCUT2D eigenvalue weighted by atomic mass is 16.5. The maximum Gasteiger partial charge on any atom is 0.287 e. The molecule has 0 radical (unpaired) electrons. The average molecular weight is 352 g/mol. The lowest BCUT2D eigenvalue weighted by Crippen LogP contribution is -2.17. The summed E-state index contributed by atoms with van der Waals surface area (Å²) in [5.41, 5.74) is 7.71. The number of phenolic OH excluding ortho intramolecular Hbond substituents is 1. The fourth-order valence-corrected chi connectivity index (χ4v) is 2.80. The molecule has 7 nitrogen and oxygen atoms in total. The molecule has 0 spiro atoms. The van der Waals surface area contributed by atoms with Gasteiger partial charge in [0.05, 0.1) is 7.11 Å². The number of benzene rings is 2. The summed E-state index contributed by atoms with van der Waals surface area (Å²) in [6.45, 7) is 2.04. The van der Waals surface area contributed by atoms with Crippen molar-refractivity contribution in [3.05, 3.63) is 53.9 Å². The van der Waals surface area contributed by atoms with E-state index in [1.165, 1.54) is 0 Å². The van der Waals surface area contributed by atoms with Crippen molar-refractivity contribution in [2.75, 3.05) is 7.11 Å². The molecular formula is C19H20N4O3. The van der Waals surface area contributed by atoms with E-state index in [0.717, 1.165) is 24.0 Å². The van der Waals surface area contributed by atoms with Crippen molar-refractivity contribution in [1.29, 1.82) is 0 Å². The molecule has 0 aliphatic rings. The lowest BCUT2D eigenvalue weighted by molar-refractivity contribution is 0.0988. The first-order valence-corrected chi connectivity index (χ1v) is 8.27. The maximum absolute atomic E-state index is 11.8. The van der Waals surface area contributed by atoms with Gasteiger partial charge in [0.15, 0.2) is 5.82 Å². The molecule has 0 unspecified atom stereocenters. The molecule has 1 aromatic heterocycles. The van der Waals surface area contributed by atoms with Crippen LogP contribution in [-0.4, -0.2) is 32.9 Å². The highest BCUT2D eigenvalue weighted by Crippen LogP contribution is 2.28. The van der Waals surface area contributed by atoms with Crippen LogP contribution in [-0.2, 0) is 6.42 Å². The Kier molecular flexibility index (Phi) is 4.88.